The molecule has 0 radical (unpaired) electrons. The monoisotopic (exact) mass is 348 g/mol. The van der Waals surface area contributed by atoms with Crippen LogP contribution in [0.15, 0.2) is 42.9 Å². The Morgan fingerprint density at radius 2 is 1.92 bits per heavy atom. The molecule has 0 aromatic carbocycles. The van der Waals surface area contributed by atoms with Crippen LogP contribution in [0.2, 0.25) is 0 Å². The van der Waals surface area contributed by atoms with Crippen molar-refractivity contribution in [2.75, 3.05) is 0 Å². The number of aromatic amines is 1. The molecule has 3 aromatic heterocycles. The number of amides is 1. The number of nitrogens with one attached hydrogen (secondary N) is 2. The van der Waals surface area contributed by atoms with E-state index in [2.05, 4.69) is 20.3 Å². The van der Waals surface area contributed by atoms with Crippen molar-refractivity contribution in [3.8, 4) is 11.1 Å². The first-order valence-corrected chi connectivity index (χ1v) is 8.37. The average molecular weight is 348 g/mol. The maximum atomic E-state index is 12.0. The molecule has 0 unspecified atom stereocenters. The van der Waals surface area contributed by atoms with E-state index in [1.165, 1.54) is 13.0 Å². The van der Waals surface area contributed by atoms with Gasteiger partial charge in [-0.05, 0) is 45.1 Å². The van der Waals surface area contributed by atoms with Crippen LogP contribution in [0, 0.1) is 0 Å². The second kappa shape index (κ2) is 7.31. The Hall–Kier alpha value is -3.28. The Labute approximate surface area is 151 Å². The van der Waals surface area contributed by atoms with Gasteiger partial charge in [-0.3, -0.25) is 14.6 Å². The van der Waals surface area contributed by atoms with Crippen molar-refractivity contribution >= 4 is 28.8 Å². The molecule has 3 heterocycles. The third-order valence-electron chi connectivity index (χ3n) is 3.81. The highest BCUT2D eigenvalue weighted by Crippen LogP contribution is 2.25. The van der Waals surface area contributed by atoms with Crippen molar-refractivity contribution in [2.45, 2.75) is 26.8 Å². The molecule has 6 nitrogen and oxygen atoms in total. The molecule has 132 valence electrons. The van der Waals surface area contributed by atoms with Crippen LogP contribution in [-0.4, -0.2) is 32.7 Å². The summed E-state index contributed by atoms with van der Waals surface area (Å²) in [6.07, 6.45) is 8.53. The number of carbonyl (C=O) groups excluding carboxylic acids is 2. The number of ketones is 1. The van der Waals surface area contributed by atoms with Crippen molar-refractivity contribution in [3.63, 3.8) is 0 Å². The molecule has 0 aliphatic heterocycles. The largest absolute Gasteiger partial charge is 0.349 e. The first-order chi connectivity index (χ1) is 12.4. The van der Waals surface area contributed by atoms with Gasteiger partial charge in [0.05, 0.1) is 0 Å². The van der Waals surface area contributed by atoms with E-state index in [0.717, 1.165) is 27.7 Å². The molecule has 0 spiro atoms. The highest BCUT2D eigenvalue weighted by atomic mass is 16.2. The number of hydrogen-bond acceptors (Lipinski definition) is 4. The number of fused-ring (bicyclic) bond motifs is 1. The molecule has 0 saturated heterocycles. The van der Waals surface area contributed by atoms with E-state index in [1.54, 1.807) is 24.5 Å². The molecule has 0 aliphatic rings. The molecule has 0 fully saturated rings. The van der Waals surface area contributed by atoms with E-state index in [9.17, 15) is 9.59 Å². The maximum absolute atomic E-state index is 12.0. The summed E-state index contributed by atoms with van der Waals surface area (Å²) in [4.78, 5) is 34.9. The summed E-state index contributed by atoms with van der Waals surface area (Å²) in [5.41, 5.74) is 3.77. The zero-order valence-electron chi connectivity index (χ0n) is 14.9. The van der Waals surface area contributed by atoms with Gasteiger partial charge in [0, 0.05) is 46.7 Å². The molecule has 1 amide bonds. The first kappa shape index (κ1) is 17.5. The van der Waals surface area contributed by atoms with Gasteiger partial charge < -0.3 is 10.3 Å². The summed E-state index contributed by atoms with van der Waals surface area (Å²) in [5.74, 6) is -0.203. The number of aromatic nitrogens is 3. The molecule has 0 bridgehead atoms. The molecule has 0 saturated carbocycles. The second-order valence-corrected chi connectivity index (χ2v) is 6.37. The second-order valence-electron chi connectivity index (χ2n) is 6.37. The summed E-state index contributed by atoms with van der Waals surface area (Å²) in [5, 5.41) is 3.73. The lowest BCUT2D eigenvalue weighted by Gasteiger charge is -2.08. The van der Waals surface area contributed by atoms with Crippen LogP contribution in [0.25, 0.3) is 28.2 Å². The summed E-state index contributed by atoms with van der Waals surface area (Å²) in [6, 6.07) is 5.60. The van der Waals surface area contributed by atoms with Crippen LogP contribution in [-0.2, 0) is 4.79 Å². The molecule has 3 rings (SSSR count). The average Bonchev–Trinajstić information content (AvgIpc) is 3.01. The number of H-pyrrole nitrogens is 1. The minimum Gasteiger partial charge on any atom is -0.349 e. The molecular weight excluding hydrogens is 328 g/mol. The van der Waals surface area contributed by atoms with Gasteiger partial charge in [0.25, 0.3) is 5.91 Å². The number of pyridine rings is 2. The van der Waals surface area contributed by atoms with Crippen LogP contribution in [0.5, 0.6) is 0 Å². The Balaban J connectivity index is 1.91. The zero-order chi connectivity index (χ0) is 18.7. The Morgan fingerprint density at radius 1 is 1.15 bits per heavy atom. The third-order valence-corrected chi connectivity index (χ3v) is 3.81. The third kappa shape index (κ3) is 3.85. The van der Waals surface area contributed by atoms with Gasteiger partial charge in [-0.1, -0.05) is 6.07 Å². The van der Waals surface area contributed by atoms with Gasteiger partial charge in [0.2, 0.25) is 0 Å². The van der Waals surface area contributed by atoms with E-state index < -0.39 is 0 Å². The Morgan fingerprint density at radius 3 is 2.58 bits per heavy atom. The van der Waals surface area contributed by atoms with Gasteiger partial charge in [0.1, 0.15) is 11.3 Å². The lowest BCUT2D eigenvalue weighted by Crippen LogP contribution is -2.30. The van der Waals surface area contributed by atoms with Gasteiger partial charge in [-0.25, -0.2) is 4.98 Å². The fraction of sp³-hybridized carbons (Fsp3) is 0.200. The lowest BCUT2D eigenvalue weighted by molar-refractivity contribution is -0.112. The Bertz CT molecular complexity index is 985. The van der Waals surface area contributed by atoms with Gasteiger partial charge in [-0.15, -0.1) is 0 Å². The van der Waals surface area contributed by atoms with Crippen LogP contribution in [0.1, 0.15) is 36.8 Å². The van der Waals surface area contributed by atoms with E-state index in [-0.39, 0.29) is 17.7 Å². The minimum atomic E-state index is -0.192. The lowest BCUT2D eigenvalue weighted by atomic mass is 10.1. The number of hydrogen-bond donors (Lipinski definition) is 2. The highest BCUT2D eigenvalue weighted by Gasteiger charge is 2.10. The standard InChI is InChI=1S/C20H20N4O2/c1-12(2)24-20(26)18-7-6-14(9-21-18)16-8-17-15(5-4-13(3)25)10-22-19(17)23-11-16/h4-12H,1-3H3,(H,22,23)(H,24,26)/b5-4+. The normalized spacial score (nSPS) is 11.4. The quantitative estimate of drug-likeness (QED) is 0.692. The molecule has 0 atom stereocenters. The zero-order valence-corrected chi connectivity index (χ0v) is 14.9. The molecular formula is C20H20N4O2. The van der Waals surface area contributed by atoms with E-state index >= 15 is 0 Å². The smallest absolute Gasteiger partial charge is 0.270 e. The number of rotatable bonds is 5. The number of nitrogens with zero attached hydrogens (tertiary/aromatic N) is 2. The Kier molecular flexibility index (Phi) is 4.93. The van der Waals surface area contributed by atoms with Crippen LogP contribution in [0.4, 0.5) is 0 Å². The van der Waals surface area contributed by atoms with Crippen LogP contribution >= 0.6 is 0 Å². The first-order valence-electron chi connectivity index (χ1n) is 8.37. The fourth-order valence-electron chi connectivity index (χ4n) is 2.56. The minimum absolute atomic E-state index is 0.0112. The number of carbonyl (C=O) groups is 2. The van der Waals surface area contributed by atoms with Crippen molar-refractivity contribution in [1.82, 2.24) is 20.3 Å². The van der Waals surface area contributed by atoms with E-state index in [1.807, 2.05) is 32.2 Å². The van der Waals surface area contributed by atoms with E-state index in [4.69, 9.17) is 0 Å². The molecule has 26 heavy (non-hydrogen) atoms. The highest BCUT2D eigenvalue weighted by molar-refractivity contribution is 5.96. The number of allylic oxidation sites excluding steroid dienone is 1. The van der Waals surface area contributed by atoms with Crippen molar-refractivity contribution in [3.05, 3.63) is 54.1 Å². The predicted molar refractivity (Wildman–Crippen MR) is 102 cm³/mol. The van der Waals surface area contributed by atoms with Crippen molar-refractivity contribution < 1.29 is 9.59 Å². The van der Waals surface area contributed by atoms with Crippen LogP contribution in [0.3, 0.4) is 0 Å². The van der Waals surface area contributed by atoms with Crippen molar-refractivity contribution in [1.29, 1.82) is 0 Å². The molecule has 0 aliphatic carbocycles. The molecule has 2 N–H and O–H groups in total. The predicted octanol–water partition coefficient (Wildman–Crippen LogP) is 3.37. The SMILES string of the molecule is CC(=O)/C=C/c1c[nH]c2ncc(-c3ccc(C(=O)NC(C)C)nc3)cc12. The summed E-state index contributed by atoms with van der Waals surface area (Å²) in [7, 11) is 0. The van der Waals surface area contributed by atoms with Gasteiger partial charge in [-0.2, -0.15) is 0 Å². The molecule has 6 heteroatoms. The van der Waals surface area contributed by atoms with Crippen LogP contribution < -0.4 is 5.32 Å². The van der Waals surface area contributed by atoms with Gasteiger partial charge >= 0.3 is 0 Å². The van der Waals surface area contributed by atoms with Gasteiger partial charge in [0.15, 0.2) is 5.78 Å². The van der Waals surface area contributed by atoms with E-state index in [0.29, 0.717) is 5.69 Å². The topological polar surface area (TPSA) is 87.7 Å². The summed E-state index contributed by atoms with van der Waals surface area (Å²) < 4.78 is 0. The molecule has 3 aromatic rings. The fourth-order valence-corrected chi connectivity index (χ4v) is 2.56. The maximum Gasteiger partial charge on any atom is 0.270 e. The van der Waals surface area contributed by atoms with Crippen molar-refractivity contribution in [2.24, 2.45) is 0 Å². The summed E-state index contributed by atoms with van der Waals surface area (Å²) in [6.45, 7) is 5.32. The summed E-state index contributed by atoms with van der Waals surface area (Å²) >= 11 is 0.